The number of rotatable bonds is 4. The molecule has 102 valence electrons. The third-order valence-electron chi connectivity index (χ3n) is 2.98. The van der Waals surface area contributed by atoms with Crippen LogP contribution in [0.15, 0.2) is 18.2 Å². The molecule has 0 atom stereocenters. The van der Waals surface area contributed by atoms with Crippen molar-refractivity contribution in [3.63, 3.8) is 0 Å². The van der Waals surface area contributed by atoms with Gasteiger partial charge in [0.15, 0.2) is 0 Å². The highest BCUT2D eigenvalue weighted by Crippen LogP contribution is 2.31. The van der Waals surface area contributed by atoms with Crippen molar-refractivity contribution < 1.29 is 4.39 Å². The Bertz CT molecular complexity index is 576. The minimum atomic E-state index is -0.209. The second-order valence-electron chi connectivity index (χ2n) is 5.15. The summed E-state index contributed by atoms with van der Waals surface area (Å²) in [6, 6.07) is 4.82. The molecule has 2 aromatic rings. The summed E-state index contributed by atoms with van der Waals surface area (Å²) in [5, 5.41) is 0.939. The van der Waals surface area contributed by atoms with Crippen LogP contribution in [0.4, 0.5) is 4.39 Å². The van der Waals surface area contributed by atoms with Crippen LogP contribution in [0.3, 0.4) is 0 Å². The van der Waals surface area contributed by atoms with E-state index in [-0.39, 0.29) is 5.82 Å². The van der Waals surface area contributed by atoms with E-state index in [2.05, 4.69) is 13.8 Å². The van der Waals surface area contributed by atoms with Crippen LogP contribution in [0.5, 0.6) is 0 Å². The molecule has 0 unspecified atom stereocenters. The number of aromatic nitrogens is 1. The number of thiazole rings is 1. The molecule has 1 aromatic carbocycles. The Morgan fingerprint density at radius 1 is 1.37 bits per heavy atom. The Balaban J connectivity index is 2.42. The predicted molar refractivity (Wildman–Crippen MR) is 78.7 cm³/mol. The summed E-state index contributed by atoms with van der Waals surface area (Å²) in [5.74, 6) is 0.342. The van der Waals surface area contributed by atoms with Crippen LogP contribution in [-0.4, -0.2) is 4.98 Å². The van der Waals surface area contributed by atoms with Crippen molar-refractivity contribution in [2.24, 2.45) is 11.7 Å². The van der Waals surface area contributed by atoms with Crippen LogP contribution in [0.2, 0.25) is 0 Å². The van der Waals surface area contributed by atoms with Gasteiger partial charge in [0.05, 0.1) is 5.69 Å². The SMILES string of the molecule is Cc1cc(F)ccc1-c1nc(CC(C)C)c(CN)s1. The zero-order valence-corrected chi connectivity index (χ0v) is 12.4. The zero-order chi connectivity index (χ0) is 14.0. The van der Waals surface area contributed by atoms with Gasteiger partial charge in [-0.25, -0.2) is 9.37 Å². The molecule has 0 spiro atoms. The number of hydrogen-bond acceptors (Lipinski definition) is 3. The van der Waals surface area contributed by atoms with Crippen molar-refractivity contribution >= 4 is 11.3 Å². The first-order valence-corrected chi connectivity index (χ1v) is 7.28. The van der Waals surface area contributed by atoms with E-state index in [1.807, 2.05) is 6.92 Å². The summed E-state index contributed by atoms with van der Waals surface area (Å²) < 4.78 is 13.1. The number of aryl methyl sites for hydroxylation is 1. The average Bonchev–Trinajstić information content (AvgIpc) is 2.71. The van der Waals surface area contributed by atoms with E-state index in [0.717, 1.165) is 33.1 Å². The molecule has 0 aliphatic carbocycles. The van der Waals surface area contributed by atoms with Crippen LogP contribution >= 0.6 is 11.3 Å². The molecule has 0 aliphatic heterocycles. The van der Waals surface area contributed by atoms with Gasteiger partial charge in [0.2, 0.25) is 0 Å². The summed E-state index contributed by atoms with van der Waals surface area (Å²) in [6.45, 7) is 6.76. The lowest BCUT2D eigenvalue weighted by Crippen LogP contribution is -2.02. The fourth-order valence-corrected chi connectivity index (χ4v) is 3.13. The second-order valence-corrected chi connectivity index (χ2v) is 6.23. The molecular formula is C15H19FN2S. The van der Waals surface area contributed by atoms with Gasteiger partial charge < -0.3 is 5.73 Å². The number of benzene rings is 1. The van der Waals surface area contributed by atoms with Gasteiger partial charge in [-0.3, -0.25) is 0 Å². The summed E-state index contributed by atoms with van der Waals surface area (Å²) in [6.07, 6.45) is 0.934. The molecule has 2 N–H and O–H groups in total. The van der Waals surface area contributed by atoms with E-state index >= 15 is 0 Å². The molecule has 4 heteroatoms. The van der Waals surface area contributed by atoms with E-state index in [1.54, 1.807) is 23.5 Å². The Hall–Kier alpha value is -1.26. The third kappa shape index (κ3) is 3.19. The number of nitrogens with two attached hydrogens (primary N) is 1. The van der Waals surface area contributed by atoms with E-state index in [4.69, 9.17) is 10.7 Å². The van der Waals surface area contributed by atoms with Crippen LogP contribution in [0.25, 0.3) is 10.6 Å². The quantitative estimate of drug-likeness (QED) is 0.920. The van der Waals surface area contributed by atoms with Crippen molar-refractivity contribution in [1.29, 1.82) is 0 Å². The first-order valence-electron chi connectivity index (χ1n) is 6.46. The second kappa shape index (κ2) is 5.80. The molecule has 19 heavy (non-hydrogen) atoms. The lowest BCUT2D eigenvalue weighted by atomic mass is 10.1. The van der Waals surface area contributed by atoms with E-state index in [1.165, 1.54) is 6.07 Å². The van der Waals surface area contributed by atoms with Crippen molar-refractivity contribution in [3.05, 3.63) is 40.2 Å². The van der Waals surface area contributed by atoms with Crippen molar-refractivity contribution in [3.8, 4) is 10.6 Å². The standard InChI is InChI=1S/C15H19FN2S/c1-9(2)6-13-14(8-17)19-15(18-13)12-5-4-11(16)7-10(12)3/h4-5,7,9H,6,8,17H2,1-3H3. The molecule has 2 rings (SSSR count). The molecule has 0 saturated carbocycles. The summed E-state index contributed by atoms with van der Waals surface area (Å²) in [5.41, 5.74) is 8.78. The molecule has 0 radical (unpaired) electrons. The fraction of sp³-hybridized carbons (Fsp3) is 0.400. The lowest BCUT2D eigenvalue weighted by molar-refractivity contribution is 0.627. The maximum Gasteiger partial charge on any atom is 0.124 e. The van der Waals surface area contributed by atoms with Gasteiger partial charge in [-0.1, -0.05) is 13.8 Å². The third-order valence-corrected chi connectivity index (χ3v) is 4.14. The lowest BCUT2D eigenvalue weighted by Gasteiger charge is -2.03. The molecule has 1 aromatic heterocycles. The Morgan fingerprint density at radius 3 is 2.68 bits per heavy atom. The number of nitrogens with zero attached hydrogens (tertiary/aromatic N) is 1. The molecule has 1 heterocycles. The monoisotopic (exact) mass is 278 g/mol. The maximum absolute atomic E-state index is 13.1. The Morgan fingerprint density at radius 2 is 2.11 bits per heavy atom. The molecule has 2 nitrogen and oxygen atoms in total. The molecular weight excluding hydrogens is 259 g/mol. The van der Waals surface area contributed by atoms with E-state index in [0.29, 0.717) is 12.5 Å². The van der Waals surface area contributed by atoms with Crippen LogP contribution < -0.4 is 5.73 Å². The topological polar surface area (TPSA) is 38.9 Å². The Labute approximate surface area is 117 Å². The van der Waals surface area contributed by atoms with Gasteiger partial charge in [0, 0.05) is 17.0 Å². The summed E-state index contributed by atoms with van der Waals surface area (Å²) >= 11 is 1.62. The highest BCUT2D eigenvalue weighted by Gasteiger charge is 2.14. The average molecular weight is 278 g/mol. The van der Waals surface area contributed by atoms with E-state index < -0.39 is 0 Å². The first kappa shape index (κ1) is 14.2. The van der Waals surface area contributed by atoms with Gasteiger partial charge in [-0.15, -0.1) is 11.3 Å². The van der Waals surface area contributed by atoms with Crippen molar-refractivity contribution in [2.75, 3.05) is 0 Å². The molecule has 0 saturated heterocycles. The van der Waals surface area contributed by atoms with Gasteiger partial charge >= 0.3 is 0 Å². The number of halogens is 1. The molecule has 0 aliphatic rings. The molecule has 0 amide bonds. The highest BCUT2D eigenvalue weighted by atomic mass is 32.1. The van der Waals surface area contributed by atoms with Crippen LogP contribution in [0.1, 0.15) is 30.0 Å². The molecule has 0 fully saturated rings. The maximum atomic E-state index is 13.1. The van der Waals surface area contributed by atoms with Crippen LogP contribution in [0, 0.1) is 18.7 Å². The number of hydrogen-bond donors (Lipinski definition) is 1. The minimum absolute atomic E-state index is 0.209. The van der Waals surface area contributed by atoms with Crippen molar-refractivity contribution in [2.45, 2.75) is 33.7 Å². The highest BCUT2D eigenvalue weighted by molar-refractivity contribution is 7.15. The normalized spacial score (nSPS) is 11.3. The van der Waals surface area contributed by atoms with Gasteiger partial charge in [0.25, 0.3) is 0 Å². The van der Waals surface area contributed by atoms with Gasteiger partial charge in [0.1, 0.15) is 10.8 Å². The Kier molecular flexibility index (Phi) is 4.32. The summed E-state index contributed by atoms with van der Waals surface area (Å²) in [7, 11) is 0. The zero-order valence-electron chi connectivity index (χ0n) is 11.5. The molecule has 0 bridgehead atoms. The van der Waals surface area contributed by atoms with E-state index in [9.17, 15) is 4.39 Å². The van der Waals surface area contributed by atoms with Gasteiger partial charge in [-0.2, -0.15) is 0 Å². The fourth-order valence-electron chi connectivity index (χ4n) is 2.07. The largest absolute Gasteiger partial charge is 0.326 e. The first-order chi connectivity index (χ1) is 9.01. The van der Waals surface area contributed by atoms with Crippen molar-refractivity contribution in [1.82, 2.24) is 4.98 Å². The van der Waals surface area contributed by atoms with Gasteiger partial charge in [-0.05, 0) is 43.0 Å². The summed E-state index contributed by atoms with van der Waals surface area (Å²) in [4.78, 5) is 5.83. The smallest absolute Gasteiger partial charge is 0.124 e. The minimum Gasteiger partial charge on any atom is -0.326 e. The van der Waals surface area contributed by atoms with Crippen LogP contribution in [-0.2, 0) is 13.0 Å². The predicted octanol–water partition coefficient (Wildman–Crippen LogP) is 3.91.